The molecule has 0 aliphatic rings. The number of aromatic nitrogens is 3. The molecule has 4 heterocycles. The van der Waals surface area contributed by atoms with Gasteiger partial charge in [-0.3, -0.25) is 4.57 Å². The fourth-order valence-corrected chi connectivity index (χ4v) is 11.7. The number of nitrogens with zero attached hydrogens (tertiary/aromatic N) is 3. The predicted octanol–water partition coefficient (Wildman–Crippen LogP) is 18.0. The lowest BCUT2D eigenvalue weighted by molar-refractivity contribution is 1.08. The number of hydrogen-bond donors (Lipinski definition) is 0. The minimum atomic E-state index is 0.881. The number of pyridine rings is 1. The van der Waals surface area contributed by atoms with Crippen LogP contribution in [0.3, 0.4) is 0 Å². The highest BCUT2D eigenvalue weighted by molar-refractivity contribution is 7.25. The Kier molecular flexibility index (Phi) is 9.07. The van der Waals surface area contributed by atoms with Gasteiger partial charge in [-0.05, 0) is 136 Å². The van der Waals surface area contributed by atoms with Crippen molar-refractivity contribution in [3.63, 3.8) is 0 Å². The van der Waals surface area contributed by atoms with Crippen molar-refractivity contribution >= 4 is 75.1 Å². The third-order valence-corrected chi connectivity index (χ3v) is 15.1. The van der Waals surface area contributed by atoms with Crippen LogP contribution < -0.4 is 0 Å². The zero-order valence-corrected chi connectivity index (χ0v) is 38.2. The Hall–Kier alpha value is -8.83. The van der Waals surface area contributed by atoms with Gasteiger partial charge in [0.25, 0.3) is 0 Å². The number of rotatable bonds is 7. The summed E-state index contributed by atoms with van der Waals surface area (Å²) in [6, 6.07) is 90.5. The molecule has 0 atom stereocenters. The largest absolute Gasteiger partial charge is 0.309 e. The fraction of sp³-hybridized carbons (Fsp3) is 0. The molecule has 0 spiro atoms. The Morgan fingerprint density at radius 2 is 0.710 bits per heavy atom. The molecule has 0 unspecified atom stereocenters. The summed E-state index contributed by atoms with van der Waals surface area (Å²) >= 11 is 1.86. The number of thiophene rings is 1. The molecule has 0 radical (unpaired) electrons. The summed E-state index contributed by atoms with van der Waals surface area (Å²) in [5.74, 6) is 0.881. The number of fused-ring (bicyclic) bond motifs is 9. The normalized spacial score (nSPS) is 11.8. The molecule has 10 aromatic carbocycles. The Morgan fingerprint density at radius 1 is 0.261 bits per heavy atom. The summed E-state index contributed by atoms with van der Waals surface area (Å²) in [7, 11) is 0. The molecule has 0 aliphatic heterocycles. The number of hydrogen-bond acceptors (Lipinski definition) is 2. The third kappa shape index (κ3) is 6.60. The van der Waals surface area contributed by atoms with Crippen molar-refractivity contribution in [3.8, 4) is 67.3 Å². The van der Waals surface area contributed by atoms with Gasteiger partial charge in [0.05, 0.1) is 27.8 Å². The van der Waals surface area contributed by atoms with Gasteiger partial charge in [0.15, 0.2) is 0 Å². The number of benzene rings is 10. The Morgan fingerprint density at radius 3 is 1.42 bits per heavy atom. The van der Waals surface area contributed by atoms with Crippen LogP contribution in [0.1, 0.15) is 0 Å². The monoisotopic (exact) mass is 895 g/mol. The molecular weight excluding hydrogens is 855 g/mol. The Labute approximate surface area is 403 Å². The first kappa shape index (κ1) is 39.3. The SMILES string of the molecule is c1ccc(-c2ccc(-c3cccc(-c4cccc(-n5c6ccc(-c7ccc8sc9ccccc9c8c7)cc6c6cc(-c7ccc8c(c7)c7ccccc7n8-c7ccccc7)ccc65)n4)c3)cc2)cc1. The third-order valence-electron chi connectivity index (χ3n) is 13.9. The lowest BCUT2D eigenvalue weighted by atomic mass is 9.98. The summed E-state index contributed by atoms with van der Waals surface area (Å²) in [6.07, 6.45) is 0. The molecule has 0 bridgehead atoms. The van der Waals surface area contributed by atoms with Crippen molar-refractivity contribution in [2.75, 3.05) is 0 Å². The van der Waals surface area contributed by atoms with Gasteiger partial charge in [0.2, 0.25) is 0 Å². The molecule has 0 saturated carbocycles. The van der Waals surface area contributed by atoms with Gasteiger partial charge in [-0.15, -0.1) is 11.3 Å². The summed E-state index contributed by atoms with van der Waals surface area (Å²) in [6.45, 7) is 0. The molecule has 14 aromatic rings. The zero-order chi connectivity index (χ0) is 45.4. The number of para-hydroxylation sites is 2. The van der Waals surface area contributed by atoms with Crippen LogP contribution in [0.2, 0.25) is 0 Å². The lowest BCUT2D eigenvalue weighted by Gasteiger charge is -2.11. The van der Waals surface area contributed by atoms with Crippen LogP contribution >= 0.6 is 11.3 Å². The second-order valence-corrected chi connectivity index (χ2v) is 19.0. The van der Waals surface area contributed by atoms with Gasteiger partial charge in [-0.1, -0.05) is 158 Å². The first-order chi connectivity index (χ1) is 34.2. The van der Waals surface area contributed by atoms with E-state index in [1.807, 2.05) is 11.3 Å². The van der Waals surface area contributed by atoms with Crippen molar-refractivity contribution in [1.29, 1.82) is 0 Å². The molecular formula is C65H41N3S. The summed E-state index contributed by atoms with van der Waals surface area (Å²) in [5, 5.41) is 7.47. The molecule has 3 nitrogen and oxygen atoms in total. The van der Waals surface area contributed by atoms with Crippen molar-refractivity contribution in [3.05, 3.63) is 249 Å². The smallest absolute Gasteiger partial charge is 0.138 e. The molecule has 4 heteroatoms. The minimum absolute atomic E-state index is 0.881. The van der Waals surface area contributed by atoms with E-state index < -0.39 is 0 Å². The first-order valence-electron chi connectivity index (χ1n) is 23.5. The summed E-state index contributed by atoms with van der Waals surface area (Å²) in [4.78, 5) is 5.44. The molecule has 0 N–H and O–H groups in total. The van der Waals surface area contributed by atoms with Gasteiger partial charge in [0.1, 0.15) is 5.82 Å². The predicted molar refractivity (Wildman–Crippen MR) is 293 cm³/mol. The quantitative estimate of drug-likeness (QED) is 0.156. The summed E-state index contributed by atoms with van der Waals surface area (Å²) in [5.41, 5.74) is 17.3. The van der Waals surface area contributed by atoms with E-state index in [2.05, 4.69) is 258 Å². The van der Waals surface area contributed by atoms with Crippen LogP contribution in [0, 0.1) is 0 Å². The molecule has 0 saturated heterocycles. The molecule has 14 rings (SSSR count). The maximum absolute atomic E-state index is 5.44. The van der Waals surface area contributed by atoms with E-state index in [-0.39, 0.29) is 0 Å². The van der Waals surface area contributed by atoms with E-state index in [0.717, 1.165) is 39.4 Å². The second-order valence-electron chi connectivity index (χ2n) is 17.9. The molecule has 4 aromatic heterocycles. The minimum Gasteiger partial charge on any atom is -0.309 e. The van der Waals surface area contributed by atoms with E-state index >= 15 is 0 Å². The van der Waals surface area contributed by atoms with Crippen molar-refractivity contribution in [1.82, 2.24) is 14.1 Å². The summed E-state index contributed by atoms with van der Waals surface area (Å²) < 4.78 is 7.35. The highest BCUT2D eigenvalue weighted by Crippen LogP contribution is 2.41. The average molecular weight is 896 g/mol. The molecule has 69 heavy (non-hydrogen) atoms. The molecule has 0 aliphatic carbocycles. The van der Waals surface area contributed by atoms with E-state index in [1.54, 1.807) is 0 Å². The van der Waals surface area contributed by atoms with Gasteiger partial charge in [-0.2, -0.15) is 0 Å². The van der Waals surface area contributed by atoms with Crippen LogP contribution in [-0.4, -0.2) is 14.1 Å². The van der Waals surface area contributed by atoms with E-state index in [9.17, 15) is 0 Å². The molecule has 322 valence electrons. The Balaban J connectivity index is 0.913. The van der Waals surface area contributed by atoms with Crippen molar-refractivity contribution in [2.45, 2.75) is 0 Å². The second kappa shape index (κ2) is 15.9. The maximum Gasteiger partial charge on any atom is 0.138 e. The van der Waals surface area contributed by atoms with Gasteiger partial charge < -0.3 is 4.57 Å². The van der Waals surface area contributed by atoms with E-state index in [4.69, 9.17) is 4.98 Å². The maximum atomic E-state index is 5.44. The molecule has 0 fully saturated rings. The van der Waals surface area contributed by atoms with E-state index in [1.165, 1.54) is 91.7 Å². The van der Waals surface area contributed by atoms with Crippen LogP contribution in [0.25, 0.3) is 131 Å². The van der Waals surface area contributed by atoms with Gasteiger partial charge in [0, 0.05) is 53.0 Å². The first-order valence-corrected chi connectivity index (χ1v) is 24.3. The van der Waals surface area contributed by atoms with Crippen LogP contribution in [0.15, 0.2) is 249 Å². The van der Waals surface area contributed by atoms with Crippen LogP contribution in [-0.2, 0) is 0 Å². The van der Waals surface area contributed by atoms with Crippen molar-refractivity contribution < 1.29 is 0 Å². The zero-order valence-electron chi connectivity index (χ0n) is 37.4. The standard InChI is InChI=1S/C65H41N3S/c1-3-13-42(14-4-1)43-25-27-44(28-26-43)45-15-11-16-50(37-45)58-21-12-24-65(66-58)68-61-34-30-47(46-29-33-60-54(38-46)52-19-7-9-22-59(52)67(60)51-17-5-2-6-18-51)39-55(61)56-40-48(31-35-62(56)68)49-32-36-64-57(41-49)53-20-8-10-23-63(53)69-64/h1-41H. The topological polar surface area (TPSA) is 22.8 Å². The average Bonchev–Trinajstić information content (AvgIpc) is 4.08. The highest BCUT2D eigenvalue weighted by atomic mass is 32.1. The van der Waals surface area contributed by atoms with Gasteiger partial charge in [-0.25, -0.2) is 4.98 Å². The Bertz CT molecular complexity index is 4290. The van der Waals surface area contributed by atoms with Crippen molar-refractivity contribution in [2.24, 2.45) is 0 Å². The molecule has 0 amide bonds. The fourth-order valence-electron chi connectivity index (χ4n) is 10.6. The van der Waals surface area contributed by atoms with Crippen LogP contribution in [0.5, 0.6) is 0 Å². The van der Waals surface area contributed by atoms with Gasteiger partial charge >= 0.3 is 0 Å². The highest BCUT2D eigenvalue weighted by Gasteiger charge is 2.19. The lowest BCUT2D eigenvalue weighted by Crippen LogP contribution is -1.98. The van der Waals surface area contributed by atoms with E-state index in [0.29, 0.717) is 0 Å². The van der Waals surface area contributed by atoms with Crippen LogP contribution in [0.4, 0.5) is 0 Å².